The minimum atomic E-state index is -1.43. The van der Waals surface area contributed by atoms with Gasteiger partial charge in [-0.3, -0.25) is 114 Å². The van der Waals surface area contributed by atoms with Gasteiger partial charge in [-0.2, -0.15) is 0 Å². The zero-order valence-electron chi connectivity index (χ0n) is 73.7. The Morgan fingerprint density at radius 1 is 0.422 bits per heavy atom. The number of phenolic OH excluding ortho intramolecular Hbond substituents is 1. The number of carbonyl (C=O) groups excluding carboxylic acids is 9. The average Bonchev–Trinajstić information content (AvgIpc) is 1.29. The van der Waals surface area contributed by atoms with E-state index in [2.05, 4.69) is 25.3 Å². The third kappa shape index (κ3) is 24.8. The summed E-state index contributed by atoms with van der Waals surface area (Å²) in [5.41, 5.74) is 51.9. The number of nitrogens with zero attached hydrogens (tertiary/aromatic N) is 7. The van der Waals surface area contributed by atoms with Crippen molar-refractivity contribution in [3.8, 4) is 28.2 Å². The number of hydrogen-bond acceptors (Lipinski definition) is 20. The lowest BCUT2D eigenvalue weighted by molar-refractivity contribution is -0.460. The molecule has 0 unspecified atom stereocenters. The second kappa shape index (κ2) is 44.4. The number of nitrogens with one attached hydrogen (secondary N) is 5. The molecule has 7 saturated heterocycles. The Hall–Kier alpha value is -11.6. The molecule has 7 fully saturated rings. The second-order valence-electron chi connectivity index (χ2n) is 35.2. The number of ether oxygens (including phenoxy) is 7. The fourth-order valence-electron chi connectivity index (χ4n) is 17.8. The summed E-state index contributed by atoms with van der Waals surface area (Å²) in [5.74, 6) is -7.67. The number of fused-ring (bicyclic) bond motifs is 2. The van der Waals surface area contributed by atoms with Crippen LogP contribution in [-0.2, 0) is 71.5 Å². The monoisotopic (exact) mass is 1790 g/mol. The molecule has 0 bridgehead atoms. The number of rotatable bonds is 41. The van der Waals surface area contributed by atoms with E-state index >= 15 is 33.6 Å². The minimum Gasteiger partial charge on any atom is -0.508 e. The van der Waals surface area contributed by atoms with Crippen LogP contribution in [0, 0.1) is 17.8 Å². The van der Waals surface area contributed by atoms with Crippen LogP contribution in [-0.4, -0.2) is 337 Å². The van der Waals surface area contributed by atoms with E-state index < -0.39 is 156 Å². The van der Waals surface area contributed by atoms with Gasteiger partial charge < -0.3 is 93.1 Å². The van der Waals surface area contributed by atoms with Gasteiger partial charge in [0.05, 0.1) is 107 Å². The lowest BCUT2D eigenvalue weighted by Gasteiger charge is -2.36. The Morgan fingerprint density at radius 3 is 1.09 bits per heavy atom. The zero-order chi connectivity index (χ0) is 92.5. The van der Waals surface area contributed by atoms with Crippen molar-refractivity contribution in [3.05, 3.63) is 75.9 Å². The van der Waals surface area contributed by atoms with Gasteiger partial charge in [0.25, 0.3) is 5.91 Å². The summed E-state index contributed by atoms with van der Waals surface area (Å²) >= 11 is 0. The Morgan fingerprint density at radius 2 is 0.750 bits per heavy atom. The van der Waals surface area contributed by atoms with Crippen molar-refractivity contribution in [2.24, 2.45) is 69.4 Å². The van der Waals surface area contributed by atoms with E-state index in [-0.39, 0.29) is 206 Å². The summed E-state index contributed by atoms with van der Waals surface area (Å²) in [6.07, 6.45) is -3.92. The number of likely N-dealkylation sites (tertiary alicyclic amines) is 7. The first-order chi connectivity index (χ1) is 61.0. The van der Waals surface area contributed by atoms with Crippen LogP contribution < -0.4 is 82.3 Å². The molecule has 8 heterocycles. The van der Waals surface area contributed by atoms with Gasteiger partial charge in [0, 0.05) is 170 Å². The summed E-state index contributed by atoms with van der Waals surface area (Å²) in [6, 6.07) is 3.13. The molecule has 8 aliphatic heterocycles. The van der Waals surface area contributed by atoms with E-state index in [0.717, 1.165) is 6.07 Å². The highest BCUT2D eigenvalue weighted by molar-refractivity contribution is 6.10. The van der Waals surface area contributed by atoms with Crippen LogP contribution in [0.4, 0.5) is 0 Å². The standard InChI is InChI=1S/C86H125N21O21/c1-46(2)43-125-56-28-63(74(87)111)102(41-56)77(114)65-29-52(121-21-7-17-96-83(88)89)38-104(65)79(116)67-31-54(123-23-9-19-98-85(92)93)40-106(67)81(118)69-34-58(127-45-48(5)6)42-107(69)80(117)68-32-55(124-24-10-20-99-86(94)95)39-105(68)78(115)66-30-53(122-22-8-18-97-84(90)91)37-103(66)76(113)64-33-57(126-44-47(3)4)36-101(64)72(110)35-100-75(112)49-11-14-59(62(25-49)82(119)120)73-60-15-12-50(108)26-70(60)128-71-27-51(109)13-16-61(71)73/h11-16,25-27,46-48,52-58,63-69,108H,7-10,17-24,28-45H2,1-6H3,(H2,87,111)(H,100,112)(H,119,120)(H4,88,89,96)(H4,90,91,97)(H4,92,93,98)(H4,94,95,99)/p+4/t52-,53-,54-,55-,56-,57-,58-,63+,64+,65+,66+,67+,68+,69+/m1/s1. The molecule has 2 aromatic rings. The molecule has 128 heavy (non-hydrogen) atoms. The molecule has 9 aliphatic rings. The molecule has 25 N–H and O–H groups in total. The first-order valence-corrected chi connectivity index (χ1v) is 44.1. The first-order valence-electron chi connectivity index (χ1n) is 44.1. The summed E-state index contributed by atoms with van der Waals surface area (Å²) in [6.45, 7) is 12.6. The topological polar surface area (TPSA) is 631 Å². The van der Waals surface area contributed by atoms with Gasteiger partial charge in [-0.15, -0.1) is 0 Å². The van der Waals surface area contributed by atoms with Gasteiger partial charge in [-0.05, 0) is 59.7 Å². The quantitative estimate of drug-likeness (QED) is 0.00849. The van der Waals surface area contributed by atoms with Crippen molar-refractivity contribution in [2.75, 3.05) is 125 Å². The minimum absolute atomic E-state index is 0.000188. The number of carbonyl (C=O) groups is 10. The highest BCUT2D eigenvalue weighted by atomic mass is 16.5. The van der Waals surface area contributed by atoms with Gasteiger partial charge in [0.15, 0.2) is 5.43 Å². The fraction of sp³-hybridized carbons (Fsp3) is 0.616. The predicted molar refractivity (Wildman–Crippen MR) is 464 cm³/mol. The normalized spacial score (nSPS) is 24.0. The number of aromatic carboxylic acids is 1. The molecule has 1 aliphatic carbocycles. The Kier molecular flexibility index (Phi) is 33.7. The number of amides is 9. The van der Waals surface area contributed by atoms with Gasteiger partial charge in [0.2, 0.25) is 47.3 Å². The summed E-state index contributed by atoms with van der Waals surface area (Å²) in [7, 11) is 0. The number of carboxylic acids is 1. The van der Waals surface area contributed by atoms with Gasteiger partial charge in [0.1, 0.15) is 59.4 Å². The maximum absolute atomic E-state index is 16.5. The number of phenols is 1. The van der Waals surface area contributed by atoms with Gasteiger partial charge in [-0.25, -0.2) is 4.79 Å². The van der Waals surface area contributed by atoms with Crippen LogP contribution in [0.3, 0.4) is 0 Å². The highest BCUT2D eigenvalue weighted by Crippen LogP contribution is 2.43. The molecule has 700 valence electrons. The van der Waals surface area contributed by atoms with Crippen molar-refractivity contribution in [1.29, 1.82) is 0 Å². The smallest absolute Gasteiger partial charge is 0.338 e. The summed E-state index contributed by atoms with van der Waals surface area (Å²) < 4.78 is 50.9. The molecule has 14 atom stereocenters. The van der Waals surface area contributed by atoms with E-state index in [4.69, 9.17) is 89.2 Å². The largest absolute Gasteiger partial charge is 0.508 e. The van der Waals surface area contributed by atoms with Gasteiger partial charge in [-0.1, -0.05) is 47.6 Å². The third-order valence-electron chi connectivity index (χ3n) is 23.8. The van der Waals surface area contributed by atoms with Crippen LogP contribution in [0.1, 0.15) is 133 Å². The van der Waals surface area contributed by atoms with Gasteiger partial charge >= 0.3 is 29.8 Å². The van der Waals surface area contributed by atoms with E-state index in [9.17, 15) is 29.4 Å². The maximum Gasteiger partial charge on any atom is 0.338 e. The summed E-state index contributed by atoms with van der Waals surface area (Å²) in [4.78, 5) is 186. The van der Waals surface area contributed by atoms with Crippen LogP contribution >= 0.6 is 0 Å². The van der Waals surface area contributed by atoms with Crippen LogP contribution in [0.5, 0.6) is 5.75 Å². The van der Waals surface area contributed by atoms with Crippen molar-refractivity contribution in [3.63, 3.8) is 0 Å². The lowest BCUT2D eigenvalue weighted by Crippen LogP contribution is -2.78. The molecule has 42 nitrogen and oxygen atoms in total. The van der Waals surface area contributed by atoms with Crippen LogP contribution in [0.2, 0.25) is 0 Å². The molecule has 9 amide bonds. The number of nitrogens with two attached hydrogens (primary N) is 9. The highest BCUT2D eigenvalue weighted by Gasteiger charge is 2.57. The fourth-order valence-corrected chi connectivity index (χ4v) is 17.8. The Balaban J connectivity index is 0.902. The van der Waals surface area contributed by atoms with Crippen molar-refractivity contribution in [1.82, 2.24) is 39.6 Å². The molecule has 0 spiro atoms. The van der Waals surface area contributed by atoms with E-state index in [1.165, 1.54) is 82.8 Å². The first kappa shape index (κ1) is 97.1. The SMILES string of the molecule is CC(C)CO[C@@H]1C[C@@H](C(=O)N2C[C@H](OCCC[NH+]=C(N)N)C[C@H]2C(=O)N2C[C@H](OCCC[NH+]=C(N)N)C[C@H]2C(=O)N2C[C@H](OCC(C)C)C[C@H]2C(=O)N2C[C@H](OCCC[NH+]=C(N)N)C[C@H]2C(=O)N2C[C@H](OCCC[NH+]=C(N)N)C[C@H]2C(=O)N2C[C@H](OCC(C)C)C[C@H]2C(N)=O)N(C(=O)CNC(=O)c2ccc(-c3c4ccc(=O)cc-4oc4cc(O)ccc34)c(C(=O)O)c2)C1. The average molecular weight is 1790 g/mol. The zero-order valence-corrected chi connectivity index (χ0v) is 73.7. The van der Waals surface area contributed by atoms with Crippen molar-refractivity contribution >= 4 is 93.9 Å². The molecular weight excluding hydrogens is 1660 g/mol. The number of carboxylic acid groups (broad SMARTS) is 1. The lowest BCUT2D eigenvalue weighted by atomic mass is 9.90. The number of primary amides is 1. The molecule has 42 heteroatoms. The number of aromatic hydroxyl groups is 1. The van der Waals surface area contributed by atoms with E-state index in [1.807, 2.05) is 41.5 Å². The van der Waals surface area contributed by atoms with E-state index in [0.29, 0.717) is 75.0 Å². The Labute approximate surface area is 741 Å². The molecule has 2 aromatic carbocycles. The van der Waals surface area contributed by atoms with Crippen molar-refractivity contribution < 1.29 is 116 Å². The Bertz CT molecular complexity index is 4780. The van der Waals surface area contributed by atoms with Crippen LogP contribution in [0.15, 0.2) is 63.8 Å². The third-order valence-corrected chi connectivity index (χ3v) is 23.8. The van der Waals surface area contributed by atoms with E-state index in [1.54, 1.807) is 0 Å². The summed E-state index contributed by atoms with van der Waals surface area (Å²) in [5, 5.41) is 24.2. The molecule has 0 aromatic heterocycles. The number of guanidine groups is 4. The molecular formula is C86H129N21O21+4. The molecule has 11 rings (SSSR count). The molecule has 0 radical (unpaired) electrons. The van der Waals surface area contributed by atoms with Crippen LogP contribution in [0.25, 0.3) is 33.4 Å². The second-order valence-corrected chi connectivity index (χ2v) is 35.2. The number of hydrogen-bond donors (Lipinski definition) is 16. The molecule has 0 saturated carbocycles. The van der Waals surface area contributed by atoms with Crippen molar-refractivity contribution in [2.45, 2.75) is 197 Å². The maximum atomic E-state index is 16.5. The predicted octanol–water partition coefficient (Wildman–Crippen LogP) is -8.97. The number of benzene rings is 3.